The number of hydrogen-bond acceptors (Lipinski definition) is 5. The highest BCUT2D eigenvalue weighted by Crippen LogP contribution is 2.32. The summed E-state index contributed by atoms with van der Waals surface area (Å²) in [5, 5.41) is 0.353. The number of hydrogen-bond donors (Lipinski definition) is 2. The summed E-state index contributed by atoms with van der Waals surface area (Å²) in [6.45, 7) is 0. The van der Waals surface area contributed by atoms with Crippen molar-refractivity contribution in [1.82, 2.24) is 9.97 Å². The molecule has 0 aliphatic carbocycles. The van der Waals surface area contributed by atoms with Crippen LogP contribution >= 0.6 is 11.3 Å². The van der Waals surface area contributed by atoms with E-state index in [4.69, 9.17) is 5.84 Å². The molecule has 0 spiro atoms. The Morgan fingerprint density at radius 1 is 1.40 bits per heavy atom. The molecule has 0 radical (unpaired) electrons. The molecule has 0 aliphatic heterocycles. The monoisotopic (exact) mass is 234 g/mol. The summed E-state index contributed by atoms with van der Waals surface area (Å²) in [6, 6.07) is 0.952. The summed E-state index contributed by atoms with van der Waals surface area (Å²) in [5.41, 5.74) is 1.73. The van der Waals surface area contributed by atoms with Crippen LogP contribution in [0.2, 0.25) is 0 Å². The van der Waals surface area contributed by atoms with E-state index in [1.807, 2.05) is 0 Å². The Morgan fingerprint density at radius 2 is 2.13 bits per heavy atom. The van der Waals surface area contributed by atoms with E-state index >= 15 is 0 Å². The lowest BCUT2D eigenvalue weighted by atomic mass is 10.3. The minimum atomic E-state index is -4.44. The number of aromatic nitrogens is 2. The third kappa shape index (κ3) is 1.85. The van der Waals surface area contributed by atoms with Gasteiger partial charge in [-0.05, 0) is 6.07 Å². The van der Waals surface area contributed by atoms with Crippen LogP contribution in [-0.4, -0.2) is 9.97 Å². The van der Waals surface area contributed by atoms with Gasteiger partial charge in [-0.1, -0.05) is 11.3 Å². The number of nitrogen functional groups attached to an aromatic ring is 1. The third-order valence-corrected chi connectivity index (χ3v) is 2.64. The van der Waals surface area contributed by atoms with E-state index in [0.717, 1.165) is 23.6 Å². The van der Waals surface area contributed by atoms with Gasteiger partial charge >= 0.3 is 6.18 Å². The molecule has 0 amide bonds. The summed E-state index contributed by atoms with van der Waals surface area (Å²) in [5.74, 6) is 5.09. The van der Waals surface area contributed by atoms with Gasteiger partial charge in [0.1, 0.15) is 11.2 Å². The number of nitrogens with one attached hydrogen (secondary N) is 1. The molecule has 2 heterocycles. The van der Waals surface area contributed by atoms with Gasteiger partial charge in [-0.3, -0.25) is 5.43 Å². The third-order valence-electron chi connectivity index (χ3n) is 1.69. The van der Waals surface area contributed by atoms with E-state index in [9.17, 15) is 13.2 Å². The molecule has 0 saturated heterocycles. The number of fused-ring (bicyclic) bond motifs is 1. The standard InChI is InChI=1S/C7H5F3N4S/c8-7(9,10)5-1-4-3(2-12-5)13-6(14-11)15-4/h1-2H,11H2,(H,13,14). The number of rotatable bonds is 1. The molecule has 0 bridgehead atoms. The first-order valence-corrected chi connectivity index (χ1v) is 4.63. The van der Waals surface area contributed by atoms with Crippen LogP contribution in [0.4, 0.5) is 18.3 Å². The summed E-state index contributed by atoms with van der Waals surface area (Å²) in [7, 11) is 0. The van der Waals surface area contributed by atoms with Crippen LogP contribution in [0.25, 0.3) is 10.2 Å². The number of nitrogens with two attached hydrogens (primary N) is 1. The number of hydrazine groups is 1. The molecular formula is C7H5F3N4S. The van der Waals surface area contributed by atoms with Gasteiger partial charge in [0.05, 0.1) is 10.9 Å². The van der Waals surface area contributed by atoms with Crippen LogP contribution in [0.1, 0.15) is 5.69 Å². The molecule has 0 atom stereocenters. The molecule has 15 heavy (non-hydrogen) atoms. The Bertz CT molecular complexity index is 492. The number of alkyl halides is 3. The van der Waals surface area contributed by atoms with Crippen molar-refractivity contribution in [2.75, 3.05) is 5.43 Å². The lowest BCUT2D eigenvalue weighted by Crippen LogP contribution is -2.06. The van der Waals surface area contributed by atoms with Gasteiger partial charge in [-0.2, -0.15) is 13.2 Å². The molecule has 2 aromatic heterocycles. The summed E-state index contributed by atoms with van der Waals surface area (Å²) in [4.78, 5) is 7.18. The molecule has 4 nitrogen and oxygen atoms in total. The Labute approximate surface area is 85.9 Å². The van der Waals surface area contributed by atoms with Crippen LogP contribution in [0.15, 0.2) is 12.3 Å². The zero-order chi connectivity index (χ0) is 11.1. The van der Waals surface area contributed by atoms with Crippen molar-refractivity contribution >= 4 is 26.7 Å². The number of nitrogens with zero attached hydrogens (tertiary/aromatic N) is 2. The predicted molar refractivity (Wildman–Crippen MR) is 50.2 cm³/mol. The second kappa shape index (κ2) is 3.31. The van der Waals surface area contributed by atoms with Crippen molar-refractivity contribution in [1.29, 1.82) is 0 Å². The van der Waals surface area contributed by atoms with Crippen LogP contribution in [0, 0.1) is 0 Å². The molecule has 0 saturated carbocycles. The molecule has 0 unspecified atom stereocenters. The average molecular weight is 234 g/mol. The van der Waals surface area contributed by atoms with Gasteiger partial charge in [0, 0.05) is 0 Å². The lowest BCUT2D eigenvalue weighted by Gasteiger charge is -2.03. The van der Waals surface area contributed by atoms with Gasteiger partial charge in [0.25, 0.3) is 0 Å². The smallest absolute Gasteiger partial charge is 0.300 e. The molecule has 8 heteroatoms. The van der Waals surface area contributed by atoms with E-state index < -0.39 is 11.9 Å². The minimum Gasteiger partial charge on any atom is -0.300 e. The van der Waals surface area contributed by atoms with Gasteiger partial charge < -0.3 is 0 Å². The molecule has 0 aromatic carbocycles. The van der Waals surface area contributed by atoms with E-state index in [0.29, 0.717) is 15.3 Å². The molecule has 0 fully saturated rings. The second-order valence-electron chi connectivity index (χ2n) is 2.70. The van der Waals surface area contributed by atoms with Crippen LogP contribution in [-0.2, 0) is 6.18 Å². The van der Waals surface area contributed by atoms with Gasteiger partial charge in [-0.15, -0.1) is 0 Å². The van der Waals surface area contributed by atoms with E-state index in [-0.39, 0.29) is 0 Å². The van der Waals surface area contributed by atoms with Crippen molar-refractivity contribution in [3.8, 4) is 0 Å². The molecule has 80 valence electrons. The quantitative estimate of drug-likeness (QED) is 0.585. The summed E-state index contributed by atoms with van der Waals surface area (Å²) < 4.78 is 37.3. The fourth-order valence-electron chi connectivity index (χ4n) is 1.05. The van der Waals surface area contributed by atoms with Crippen molar-refractivity contribution < 1.29 is 13.2 Å². The van der Waals surface area contributed by atoms with Gasteiger partial charge in [0.2, 0.25) is 0 Å². The predicted octanol–water partition coefficient (Wildman–Crippen LogP) is 2.00. The molecule has 3 N–H and O–H groups in total. The van der Waals surface area contributed by atoms with E-state index in [2.05, 4.69) is 15.4 Å². The van der Waals surface area contributed by atoms with Crippen molar-refractivity contribution in [2.45, 2.75) is 6.18 Å². The Hall–Kier alpha value is -1.41. The normalized spacial score (nSPS) is 12.0. The van der Waals surface area contributed by atoms with Crippen molar-refractivity contribution in [3.63, 3.8) is 0 Å². The maximum absolute atomic E-state index is 12.3. The second-order valence-corrected chi connectivity index (χ2v) is 3.73. The van der Waals surface area contributed by atoms with Crippen molar-refractivity contribution in [3.05, 3.63) is 18.0 Å². The molecule has 2 rings (SSSR count). The Morgan fingerprint density at radius 3 is 2.73 bits per heavy atom. The molecular weight excluding hydrogens is 229 g/mol. The highest BCUT2D eigenvalue weighted by Gasteiger charge is 2.32. The van der Waals surface area contributed by atoms with E-state index in [1.54, 1.807) is 0 Å². The Balaban J connectivity index is 2.55. The van der Waals surface area contributed by atoms with Crippen LogP contribution < -0.4 is 11.3 Å². The SMILES string of the molecule is NNc1nc2cnc(C(F)(F)F)cc2s1. The first kappa shape index (κ1) is 10.1. The zero-order valence-electron chi connectivity index (χ0n) is 7.17. The average Bonchev–Trinajstić information content (AvgIpc) is 2.57. The highest BCUT2D eigenvalue weighted by molar-refractivity contribution is 7.22. The maximum Gasteiger partial charge on any atom is 0.433 e. The molecule has 0 aliphatic rings. The topological polar surface area (TPSA) is 63.8 Å². The number of thiazole rings is 1. The fourth-order valence-corrected chi connectivity index (χ4v) is 1.83. The maximum atomic E-state index is 12.3. The highest BCUT2D eigenvalue weighted by atomic mass is 32.1. The van der Waals surface area contributed by atoms with Crippen molar-refractivity contribution in [2.24, 2.45) is 5.84 Å². The van der Waals surface area contributed by atoms with E-state index in [1.165, 1.54) is 0 Å². The number of halogens is 3. The molecule has 2 aromatic rings. The summed E-state index contributed by atoms with van der Waals surface area (Å²) in [6.07, 6.45) is -3.36. The summed E-state index contributed by atoms with van der Waals surface area (Å²) >= 11 is 1.04. The minimum absolute atomic E-state index is 0.353. The number of pyridine rings is 1. The Kier molecular flexibility index (Phi) is 2.24. The first-order valence-electron chi connectivity index (χ1n) is 3.81. The van der Waals surface area contributed by atoms with Gasteiger partial charge in [-0.25, -0.2) is 15.8 Å². The van der Waals surface area contributed by atoms with Crippen LogP contribution in [0.5, 0.6) is 0 Å². The van der Waals surface area contributed by atoms with Gasteiger partial charge in [0.15, 0.2) is 5.13 Å². The first-order chi connectivity index (χ1) is 7.00. The number of anilines is 1. The zero-order valence-corrected chi connectivity index (χ0v) is 7.99. The lowest BCUT2D eigenvalue weighted by molar-refractivity contribution is -0.141. The fraction of sp³-hybridized carbons (Fsp3) is 0.143. The van der Waals surface area contributed by atoms with Crippen LogP contribution in [0.3, 0.4) is 0 Å². The largest absolute Gasteiger partial charge is 0.433 e.